The Bertz CT molecular complexity index is 1510. The molecule has 1 aliphatic heterocycles. The van der Waals surface area contributed by atoms with Crippen LogP contribution >= 0.6 is 0 Å². The molecule has 4 aromatic rings. The van der Waals surface area contributed by atoms with Crippen molar-refractivity contribution in [2.75, 3.05) is 6.79 Å². The van der Waals surface area contributed by atoms with E-state index in [1.54, 1.807) is 25.1 Å². The molecular formula is C19H13N3O6. The van der Waals surface area contributed by atoms with E-state index in [0.29, 0.717) is 22.8 Å². The second-order valence-electron chi connectivity index (χ2n) is 6.64. The third-order valence-electron chi connectivity index (χ3n) is 4.86. The summed E-state index contributed by atoms with van der Waals surface area (Å²) in [5, 5.41) is -0.782. The summed E-state index contributed by atoms with van der Waals surface area (Å²) in [5.74, 6) is 1.08. The fourth-order valence-electron chi connectivity index (χ4n) is 3.51. The first-order valence-electron chi connectivity index (χ1n) is 8.48. The lowest BCUT2D eigenvalue weighted by molar-refractivity contribution is 0.174. The van der Waals surface area contributed by atoms with Crippen molar-refractivity contribution in [2.24, 2.45) is 0 Å². The predicted octanol–water partition coefficient (Wildman–Crippen LogP) is 0.415. The number of fused-ring (bicyclic) bond motifs is 3. The summed E-state index contributed by atoms with van der Waals surface area (Å²) < 4.78 is 11.4. The maximum absolute atomic E-state index is 12.8. The SMILES string of the molecule is Cc1c[nH]c2c(=O)c3c(=O)n(Cc4ccc5c(c4)OCO5)c(=O)c3c(=O)c2[nH]1. The van der Waals surface area contributed by atoms with Gasteiger partial charge in [0.1, 0.15) is 21.8 Å². The lowest BCUT2D eigenvalue weighted by Gasteiger charge is -2.03. The van der Waals surface area contributed by atoms with Gasteiger partial charge in [-0.2, -0.15) is 0 Å². The Morgan fingerprint density at radius 1 is 0.964 bits per heavy atom. The summed E-state index contributed by atoms with van der Waals surface area (Å²) in [6.07, 6.45) is 1.52. The fraction of sp³-hybridized carbons (Fsp3) is 0.158. The van der Waals surface area contributed by atoms with E-state index in [4.69, 9.17) is 9.47 Å². The zero-order valence-electron chi connectivity index (χ0n) is 14.6. The molecule has 0 atom stereocenters. The molecule has 0 saturated heterocycles. The van der Waals surface area contributed by atoms with Gasteiger partial charge >= 0.3 is 0 Å². The van der Waals surface area contributed by atoms with Gasteiger partial charge in [-0.1, -0.05) is 6.07 Å². The van der Waals surface area contributed by atoms with Crippen molar-refractivity contribution in [1.82, 2.24) is 14.5 Å². The van der Waals surface area contributed by atoms with E-state index in [0.717, 1.165) is 4.57 Å². The number of benzene rings is 2. The van der Waals surface area contributed by atoms with Crippen molar-refractivity contribution in [1.29, 1.82) is 0 Å². The Balaban J connectivity index is 1.78. The lowest BCUT2D eigenvalue weighted by Crippen LogP contribution is -2.27. The van der Waals surface area contributed by atoms with E-state index in [1.807, 2.05) is 0 Å². The highest BCUT2D eigenvalue weighted by molar-refractivity contribution is 5.94. The number of rotatable bonds is 2. The van der Waals surface area contributed by atoms with E-state index in [-0.39, 0.29) is 24.4 Å². The second-order valence-corrected chi connectivity index (χ2v) is 6.64. The summed E-state index contributed by atoms with van der Waals surface area (Å²) in [5.41, 5.74) is -1.74. The molecule has 0 fully saturated rings. The zero-order valence-corrected chi connectivity index (χ0v) is 14.6. The summed E-state index contributed by atoms with van der Waals surface area (Å²) >= 11 is 0. The zero-order chi connectivity index (χ0) is 19.6. The summed E-state index contributed by atoms with van der Waals surface area (Å²) in [4.78, 5) is 56.7. The minimum atomic E-state index is -0.782. The highest BCUT2D eigenvalue weighted by Gasteiger charge is 2.23. The summed E-state index contributed by atoms with van der Waals surface area (Å²) in [6, 6.07) is 5.02. The minimum Gasteiger partial charge on any atom is -0.454 e. The second kappa shape index (κ2) is 5.56. The minimum absolute atomic E-state index is 0.0187. The maximum Gasteiger partial charge on any atom is 0.266 e. The molecule has 0 spiro atoms. The first-order chi connectivity index (χ1) is 13.5. The molecule has 0 aliphatic carbocycles. The highest BCUT2D eigenvalue weighted by Crippen LogP contribution is 2.32. The van der Waals surface area contributed by atoms with Gasteiger partial charge in [-0.25, -0.2) is 0 Å². The first-order valence-corrected chi connectivity index (χ1v) is 8.48. The van der Waals surface area contributed by atoms with Crippen LogP contribution in [0, 0.1) is 6.92 Å². The third kappa shape index (κ3) is 2.13. The molecule has 0 radical (unpaired) electrons. The van der Waals surface area contributed by atoms with Gasteiger partial charge in [0.15, 0.2) is 11.5 Å². The van der Waals surface area contributed by atoms with E-state index >= 15 is 0 Å². The quantitative estimate of drug-likeness (QED) is 0.520. The first kappa shape index (κ1) is 16.3. The number of nitrogens with one attached hydrogen (secondary N) is 2. The Morgan fingerprint density at radius 3 is 2.39 bits per heavy atom. The molecule has 9 nitrogen and oxygen atoms in total. The van der Waals surface area contributed by atoms with E-state index in [2.05, 4.69) is 9.97 Å². The van der Waals surface area contributed by atoms with Crippen LogP contribution < -0.4 is 31.4 Å². The van der Waals surface area contributed by atoms with E-state index < -0.39 is 32.7 Å². The van der Waals surface area contributed by atoms with Gasteiger partial charge in [-0.3, -0.25) is 23.7 Å². The summed E-state index contributed by atoms with van der Waals surface area (Å²) in [7, 11) is 0. The maximum atomic E-state index is 12.8. The van der Waals surface area contributed by atoms with Crippen LogP contribution in [0.1, 0.15) is 11.3 Å². The number of aromatic nitrogens is 3. The van der Waals surface area contributed by atoms with Crippen LogP contribution in [-0.4, -0.2) is 21.3 Å². The van der Waals surface area contributed by atoms with Gasteiger partial charge < -0.3 is 19.4 Å². The molecule has 1 aliphatic rings. The van der Waals surface area contributed by atoms with Crippen LogP contribution in [0.4, 0.5) is 0 Å². The number of ether oxygens (including phenoxy) is 2. The average Bonchev–Trinajstić information content (AvgIpc) is 3.24. The van der Waals surface area contributed by atoms with Gasteiger partial charge in [0, 0.05) is 11.9 Å². The van der Waals surface area contributed by atoms with Crippen LogP contribution in [0.5, 0.6) is 11.5 Å². The Hall–Kier alpha value is -3.88. The largest absolute Gasteiger partial charge is 0.454 e. The molecule has 0 amide bonds. The highest BCUT2D eigenvalue weighted by atomic mass is 16.7. The van der Waals surface area contributed by atoms with Gasteiger partial charge in [-0.15, -0.1) is 0 Å². The molecule has 2 N–H and O–H groups in total. The molecule has 0 bridgehead atoms. The number of aromatic amines is 2. The van der Waals surface area contributed by atoms with Crippen molar-refractivity contribution in [2.45, 2.75) is 13.5 Å². The van der Waals surface area contributed by atoms with Crippen LogP contribution in [0.3, 0.4) is 0 Å². The van der Waals surface area contributed by atoms with Crippen LogP contribution in [0.25, 0.3) is 21.8 Å². The van der Waals surface area contributed by atoms with Crippen molar-refractivity contribution >= 4 is 21.8 Å². The van der Waals surface area contributed by atoms with E-state index in [9.17, 15) is 19.2 Å². The van der Waals surface area contributed by atoms with Crippen LogP contribution in [0.15, 0.2) is 43.6 Å². The molecule has 140 valence electrons. The number of H-pyrrole nitrogens is 2. The topological polar surface area (TPSA) is 123 Å². The number of nitrogens with zero attached hydrogens (tertiary/aromatic N) is 1. The predicted molar refractivity (Wildman–Crippen MR) is 101 cm³/mol. The molecular weight excluding hydrogens is 366 g/mol. The van der Waals surface area contributed by atoms with Crippen molar-refractivity contribution in [3.8, 4) is 11.5 Å². The smallest absolute Gasteiger partial charge is 0.266 e. The summed E-state index contributed by atoms with van der Waals surface area (Å²) in [6.45, 7) is 1.71. The molecule has 28 heavy (non-hydrogen) atoms. The van der Waals surface area contributed by atoms with Gasteiger partial charge in [0.05, 0.1) is 6.54 Å². The van der Waals surface area contributed by atoms with Crippen molar-refractivity contribution < 1.29 is 9.47 Å². The molecule has 9 heteroatoms. The molecule has 2 aromatic carbocycles. The lowest BCUT2D eigenvalue weighted by atomic mass is 10.1. The fourth-order valence-corrected chi connectivity index (χ4v) is 3.51. The van der Waals surface area contributed by atoms with Gasteiger partial charge in [0.25, 0.3) is 11.1 Å². The number of aryl methyl sites for hydroxylation is 1. The van der Waals surface area contributed by atoms with E-state index in [1.165, 1.54) is 6.20 Å². The van der Waals surface area contributed by atoms with Crippen LogP contribution in [0.2, 0.25) is 0 Å². The van der Waals surface area contributed by atoms with Crippen molar-refractivity contribution in [3.05, 3.63) is 76.8 Å². The standard InChI is InChI=1S/C19H13N3O6/c1-8-5-20-14-15(21-8)17(24)13-12(16(14)23)18(25)22(19(13)26)6-9-2-3-10-11(4-9)28-7-27-10/h2-5,20-21H,6-7H2,1H3. The molecule has 5 rings (SSSR count). The normalized spacial score (nSPS) is 12.9. The number of hydrogen-bond acceptors (Lipinski definition) is 6. The van der Waals surface area contributed by atoms with Gasteiger partial charge in [0.2, 0.25) is 17.7 Å². The molecule has 3 heterocycles. The van der Waals surface area contributed by atoms with Gasteiger partial charge in [-0.05, 0) is 24.6 Å². The monoisotopic (exact) mass is 379 g/mol. The third-order valence-corrected chi connectivity index (χ3v) is 4.86. The Morgan fingerprint density at radius 2 is 1.64 bits per heavy atom. The number of hydrogen-bond donors (Lipinski definition) is 2. The molecule has 2 aromatic heterocycles. The van der Waals surface area contributed by atoms with Crippen LogP contribution in [-0.2, 0) is 6.54 Å². The molecule has 0 saturated carbocycles. The molecule has 0 unspecified atom stereocenters. The average molecular weight is 379 g/mol. The Kier molecular flexibility index (Phi) is 3.24. The van der Waals surface area contributed by atoms with Crippen molar-refractivity contribution in [3.63, 3.8) is 0 Å². The Labute approximate surface area is 155 Å².